The first-order chi connectivity index (χ1) is 16.0. The summed E-state index contributed by atoms with van der Waals surface area (Å²) in [6.45, 7) is 4.65. The van der Waals surface area contributed by atoms with Crippen molar-refractivity contribution < 1.29 is 14.6 Å². The van der Waals surface area contributed by atoms with E-state index in [2.05, 4.69) is 15.9 Å². The summed E-state index contributed by atoms with van der Waals surface area (Å²) in [6.07, 6.45) is 6.73. The Bertz CT molecular complexity index is 1040. The lowest BCUT2D eigenvalue weighted by Gasteiger charge is -2.61. The molecule has 2 bridgehead atoms. The normalized spacial score (nSPS) is 32.1. The van der Waals surface area contributed by atoms with Gasteiger partial charge in [0.1, 0.15) is 11.6 Å². The van der Waals surface area contributed by atoms with Gasteiger partial charge in [0.15, 0.2) is 0 Å². The van der Waals surface area contributed by atoms with Crippen LogP contribution in [-0.2, 0) is 18.3 Å². The van der Waals surface area contributed by atoms with Gasteiger partial charge in [-0.1, -0.05) is 24.3 Å². The summed E-state index contributed by atoms with van der Waals surface area (Å²) in [5.74, 6) is 0.963. The fourth-order valence-corrected chi connectivity index (χ4v) is 7.12. The molecule has 2 heterocycles. The van der Waals surface area contributed by atoms with Gasteiger partial charge in [0, 0.05) is 31.1 Å². The number of phenolic OH excluding ortho intramolecular Hbond substituents is 1. The van der Waals surface area contributed by atoms with Crippen molar-refractivity contribution in [1.82, 2.24) is 9.80 Å². The summed E-state index contributed by atoms with van der Waals surface area (Å²) in [5, 5.41) is 22.9. The van der Waals surface area contributed by atoms with Crippen LogP contribution in [0.2, 0.25) is 0 Å². The third kappa shape index (κ3) is 3.60. The van der Waals surface area contributed by atoms with Crippen LogP contribution in [0.25, 0.3) is 0 Å². The molecule has 33 heavy (non-hydrogen) atoms. The first-order valence-electron chi connectivity index (χ1n) is 12.7. The van der Waals surface area contributed by atoms with Crippen molar-refractivity contribution in [1.29, 1.82) is 0 Å². The molecule has 2 aliphatic carbocycles. The molecular weight excluding hydrogens is 415 g/mol. The average Bonchev–Trinajstić information content (AvgIpc) is 3.63. The fraction of sp³-hybridized carbons (Fsp3) is 0.571. The predicted molar refractivity (Wildman–Crippen MR) is 127 cm³/mol. The Labute approximate surface area is 196 Å². The van der Waals surface area contributed by atoms with E-state index >= 15 is 0 Å². The third-order valence-corrected chi connectivity index (χ3v) is 9.18. The Kier molecular flexibility index (Phi) is 5.28. The molecule has 6 rings (SSSR count). The zero-order valence-electron chi connectivity index (χ0n) is 19.3. The Morgan fingerprint density at radius 1 is 1.00 bits per heavy atom. The summed E-state index contributed by atoms with van der Waals surface area (Å²) in [7, 11) is 0. The summed E-state index contributed by atoms with van der Waals surface area (Å²) in [5.41, 5.74) is 2.11. The summed E-state index contributed by atoms with van der Waals surface area (Å²) in [6, 6.07) is 13.0. The van der Waals surface area contributed by atoms with Crippen molar-refractivity contribution in [2.24, 2.45) is 5.92 Å². The lowest BCUT2D eigenvalue weighted by molar-refractivity contribution is -0.149. The molecular formula is C28H35FN2O2. The van der Waals surface area contributed by atoms with Crippen LogP contribution >= 0.6 is 0 Å². The highest BCUT2D eigenvalue weighted by Gasteiger charge is 2.63. The van der Waals surface area contributed by atoms with Gasteiger partial charge in [-0.3, -0.25) is 4.90 Å². The number of likely N-dealkylation sites (tertiary alicyclic amines) is 2. The number of hydrogen-bond acceptors (Lipinski definition) is 4. The predicted octanol–water partition coefficient (Wildman–Crippen LogP) is 3.88. The van der Waals surface area contributed by atoms with E-state index in [9.17, 15) is 14.6 Å². The van der Waals surface area contributed by atoms with Gasteiger partial charge in [-0.15, -0.1) is 0 Å². The van der Waals surface area contributed by atoms with Gasteiger partial charge >= 0.3 is 0 Å². The Hall–Kier alpha value is -1.95. The average molecular weight is 451 g/mol. The second-order valence-corrected chi connectivity index (χ2v) is 10.9. The minimum absolute atomic E-state index is 0.130. The van der Waals surface area contributed by atoms with E-state index in [0.717, 1.165) is 69.9 Å². The van der Waals surface area contributed by atoms with Crippen LogP contribution in [-0.4, -0.2) is 64.4 Å². The molecule has 1 saturated carbocycles. The SMILES string of the molecule is Oc1ccc2c(c1)[C@@]13CCN(CCc4ccccc4F)CC[C@@]1(O)[C@@H](C2)N(CC1CC1)CC3. The second-order valence-electron chi connectivity index (χ2n) is 10.9. The minimum Gasteiger partial charge on any atom is -0.508 e. The van der Waals surface area contributed by atoms with Crippen molar-refractivity contribution in [3.05, 3.63) is 65.0 Å². The molecule has 5 heteroatoms. The molecule has 3 fully saturated rings. The largest absolute Gasteiger partial charge is 0.508 e. The molecule has 4 aliphatic rings. The van der Waals surface area contributed by atoms with Crippen LogP contribution in [0.4, 0.5) is 4.39 Å². The van der Waals surface area contributed by atoms with Crippen LogP contribution in [0.5, 0.6) is 5.75 Å². The van der Waals surface area contributed by atoms with E-state index in [1.165, 1.54) is 30.0 Å². The van der Waals surface area contributed by atoms with Crippen LogP contribution in [0, 0.1) is 11.7 Å². The maximum absolute atomic E-state index is 14.2. The van der Waals surface area contributed by atoms with E-state index in [-0.39, 0.29) is 17.3 Å². The van der Waals surface area contributed by atoms with Gasteiger partial charge in [-0.2, -0.15) is 0 Å². The van der Waals surface area contributed by atoms with Crippen molar-refractivity contribution in [3.8, 4) is 5.75 Å². The molecule has 2 aliphatic heterocycles. The smallest absolute Gasteiger partial charge is 0.126 e. The van der Waals surface area contributed by atoms with Crippen molar-refractivity contribution in [3.63, 3.8) is 0 Å². The monoisotopic (exact) mass is 450 g/mol. The number of fused-ring (bicyclic) bond motifs is 1. The third-order valence-electron chi connectivity index (χ3n) is 9.18. The number of nitrogens with zero attached hydrogens (tertiary/aromatic N) is 2. The summed E-state index contributed by atoms with van der Waals surface area (Å²) >= 11 is 0. The zero-order chi connectivity index (χ0) is 22.6. The van der Waals surface area contributed by atoms with Gasteiger partial charge in [-0.25, -0.2) is 4.39 Å². The molecule has 2 N–H and O–H groups in total. The minimum atomic E-state index is -0.798. The first-order valence-corrected chi connectivity index (χ1v) is 12.7. The van der Waals surface area contributed by atoms with Crippen molar-refractivity contribution in [2.75, 3.05) is 32.7 Å². The molecule has 3 atom stereocenters. The summed E-state index contributed by atoms with van der Waals surface area (Å²) in [4.78, 5) is 5.00. The highest BCUT2D eigenvalue weighted by atomic mass is 19.1. The molecule has 0 spiro atoms. The zero-order valence-corrected chi connectivity index (χ0v) is 19.3. The maximum Gasteiger partial charge on any atom is 0.126 e. The maximum atomic E-state index is 14.2. The first kappa shape index (κ1) is 21.6. The molecule has 2 aromatic carbocycles. The van der Waals surface area contributed by atoms with E-state index < -0.39 is 5.60 Å². The standard InChI is InChI=1S/C28H35FN2O2/c29-25-4-2-1-3-21(25)9-13-30-14-10-27-11-16-31(19-20-5-6-20)26(28(27,33)12-15-30)17-22-7-8-23(32)18-24(22)27/h1-4,7-8,18,20,26,32-33H,5-6,9-17,19H2/t26-,27+,28-/m1/s1. The lowest BCUT2D eigenvalue weighted by atomic mass is 9.52. The molecule has 176 valence electrons. The number of aromatic hydroxyl groups is 1. The Morgan fingerprint density at radius 3 is 2.61 bits per heavy atom. The van der Waals surface area contributed by atoms with Crippen LogP contribution in [0.3, 0.4) is 0 Å². The van der Waals surface area contributed by atoms with Crippen LogP contribution in [0.15, 0.2) is 42.5 Å². The van der Waals surface area contributed by atoms with E-state index in [4.69, 9.17) is 0 Å². The Balaban J connectivity index is 1.31. The molecule has 4 nitrogen and oxygen atoms in total. The van der Waals surface area contributed by atoms with E-state index in [1.807, 2.05) is 18.2 Å². The number of aliphatic hydroxyl groups is 1. The van der Waals surface area contributed by atoms with Crippen molar-refractivity contribution in [2.45, 2.75) is 62.0 Å². The van der Waals surface area contributed by atoms with Crippen molar-refractivity contribution >= 4 is 0 Å². The summed E-state index contributed by atoms with van der Waals surface area (Å²) < 4.78 is 14.2. The van der Waals surface area contributed by atoms with E-state index in [1.54, 1.807) is 12.1 Å². The number of phenols is 1. The molecule has 2 aromatic rings. The fourth-order valence-electron chi connectivity index (χ4n) is 7.12. The van der Waals surface area contributed by atoms with Gasteiger partial charge in [0.25, 0.3) is 0 Å². The molecule has 0 unspecified atom stereocenters. The number of benzene rings is 2. The quantitative estimate of drug-likeness (QED) is 0.726. The van der Waals surface area contributed by atoms with Crippen LogP contribution in [0.1, 0.15) is 48.8 Å². The van der Waals surface area contributed by atoms with E-state index in [0.29, 0.717) is 12.2 Å². The topological polar surface area (TPSA) is 46.9 Å². The van der Waals surface area contributed by atoms with Crippen LogP contribution < -0.4 is 0 Å². The number of hydrogen-bond donors (Lipinski definition) is 2. The number of halogens is 1. The van der Waals surface area contributed by atoms with Gasteiger partial charge in [0.2, 0.25) is 0 Å². The number of piperidine rings is 1. The second kappa shape index (κ2) is 8.07. The molecule has 0 aromatic heterocycles. The highest BCUT2D eigenvalue weighted by Crippen LogP contribution is 2.56. The van der Waals surface area contributed by atoms with Gasteiger partial charge < -0.3 is 15.1 Å². The Morgan fingerprint density at radius 2 is 1.79 bits per heavy atom. The lowest BCUT2D eigenvalue weighted by Crippen LogP contribution is -2.71. The number of rotatable bonds is 5. The van der Waals surface area contributed by atoms with Gasteiger partial charge in [0.05, 0.1) is 5.60 Å². The molecule has 2 saturated heterocycles. The molecule has 0 radical (unpaired) electrons. The molecule has 0 amide bonds. The highest BCUT2D eigenvalue weighted by molar-refractivity contribution is 5.48. The van der Waals surface area contributed by atoms with Gasteiger partial charge in [-0.05, 0) is 98.8 Å².